The number of phenols is 2. The van der Waals surface area contributed by atoms with Gasteiger partial charge in [-0.05, 0) is 148 Å². The molecule has 8 aliphatic rings. The summed E-state index contributed by atoms with van der Waals surface area (Å²) in [4.78, 5) is 0. The molecule has 8 aliphatic carbocycles. The lowest BCUT2D eigenvalue weighted by molar-refractivity contribution is -0.00901. The highest BCUT2D eigenvalue weighted by molar-refractivity contribution is 5.59. The lowest BCUT2D eigenvalue weighted by Crippen LogP contribution is -2.49. The first-order valence-electron chi connectivity index (χ1n) is 15.1. The molecule has 0 spiro atoms. The van der Waals surface area contributed by atoms with E-state index in [9.17, 15) is 10.2 Å². The van der Waals surface area contributed by atoms with Crippen molar-refractivity contribution in [3.63, 3.8) is 0 Å². The van der Waals surface area contributed by atoms with E-state index in [0.29, 0.717) is 11.5 Å². The maximum Gasteiger partial charge on any atom is 0.126 e. The molecule has 2 heteroatoms. The van der Waals surface area contributed by atoms with Gasteiger partial charge >= 0.3 is 0 Å². The van der Waals surface area contributed by atoms with Crippen molar-refractivity contribution in [3.05, 3.63) is 22.8 Å². The second kappa shape index (κ2) is 7.91. The first kappa shape index (κ1) is 22.1. The summed E-state index contributed by atoms with van der Waals surface area (Å²) in [6.07, 6.45) is 22.0. The molecule has 1 aromatic rings. The Morgan fingerprint density at radius 3 is 1.62 bits per heavy atom. The van der Waals surface area contributed by atoms with Crippen LogP contribution in [0.2, 0.25) is 0 Å². The average Bonchev–Trinajstić information content (AvgIpc) is 2.75. The molecule has 9 rings (SSSR count). The molecule has 8 saturated carbocycles. The van der Waals surface area contributed by atoms with Crippen LogP contribution in [0.4, 0.5) is 0 Å². The van der Waals surface area contributed by atoms with E-state index in [2.05, 4.69) is 13.0 Å². The van der Waals surface area contributed by atoms with Gasteiger partial charge in [0, 0.05) is 11.0 Å². The summed E-state index contributed by atoms with van der Waals surface area (Å²) < 4.78 is 0. The third-order valence-corrected chi connectivity index (χ3v) is 11.8. The van der Waals surface area contributed by atoms with Crippen molar-refractivity contribution >= 4 is 0 Å². The summed E-state index contributed by atoms with van der Waals surface area (Å²) in [5, 5.41) is 23.8. The van der Waals surface area contributed by atoms with Crippen molar-refractivity contribution in [2.24, 2.45) is 35.5 Å². The molecule has 34 heavy (non-hydrogen) atoms. The number of hydrogen-bond acceptors (Lipinski definition) is 2. The molecule has 8 fully saturated rings. The molecule has 2 N–H and O–H groups in total. The summed E-state index contributed by atoms with van der Waals surface area (Å²) in [5.41, 5.74) is 3.91. The second-order valence-corrected chi connectivity index (χ2v) is 14.4. The van der Waals surface area contributed by atoms with Crippen LogP contribution in [0, 0.1) is 35.5 Å². The van der Waals surface area contributed by atoms with E-state index >= 15 is 0 Å². The quantitative estimate of drug-likeness (QED) is 0.401. The molecule has 0 heterocycles. The molecule has 1 aromatic carbocycles. The van der Waals surface area contributed by atoms with Gasteiger partial charge in [-0.3, -0.25) is 0 Å². The highest BCUT2D eigenvalue weighted by Gasteiger charge is 2.56. The van der Waals surface area contributed by atoms with Gasteiger partial charge in [-0.2, -0.15) is 0 Å². The predicted octanol–water partition coefficient (Wildman–Crippen LogP) is 8.16. The van der Waals surface area contributed by atoms with Gasteiger partial charge in [0.2, 0.25) is 0 Å². The van der Waals surface area contributed by atoms with E-state index < -0.39 is 0 Å². The normalized spacial score (nSPS) is 43.7. The molecule has 8 bridgehead atoms. The Morgan fingerprint density at radius 2 is 1.15 bits per heavy atom. The SMILES string of the molecule is CCCCCCc1c(C23CC4CC(CC(C4)C2)C3)cc(O)c(C23CC4CC(CC(C4)C2)C3)c1O. The largest absolute Gasteiger partial charge is 0.507 e. The Morgan fingerprint density at radius 1 is 0.676 bits per heavy atom. The summed E-state index contributed by atoms with van der Waals surface area (Å²) in [6.45, 7) is 2.28. The van der Waals surface area contributed by atoms with Gasteiger partial charge < -0.3 is 10.2 Å². The van der Waals surface area contributed by atoms with E-state index in [4.69, 9.17) is 0 Å². The highest BCUT2D eigenvalue weighted by Crippen LogP contribution is 2.66. The Bertz CT molecular complexity index is 888. The van der Waals surface area contributed by atoms with E-state index in [1.54, 1.807) is 0 Å². The predicted molar refractivity (Wildman–Crippen MR) is 137 cm³/mol. The number of hydrogen-bond donors (Lipinski definition) is 2. The first-order chi connectivity index (χ1) is 16.5. The fourth-order valence-electron chi connectivity index (χ4n) is 11.5. The summed E-state index contributed by atoms with van der Waals surface area (Å²) in [7, 11) is 0. The van der Waals surface area contributed by atoms with Gasteiger partial charge in [0.15, 0.2) is 0 Å². The molecule has 0 aliphatic heterocycles. The fraction of sp³-hybridized carbons (Fsp3) is 0.812. The summed E-state index contributed by atoms with van der Waals surface area (Å²) in [6, 6.07) is 2.23. The molecule has 2 nitrogen and oxygen atoms in total. The minimum atomic E-state index is 0.0427. The first-order valence-corrected chi connectivity index (χ1v) is 15.1. The maximum atomic E-state index is 12.1. The Hall–Kier alpha value is -1.18. The van der Waals surface area contributed by atoms with Crippen molar-refractivity contribution < 1.29 is 10.2 Å². The van der Waals surface area contributed by atoms with Crippen molar-refractivity contribution in [3.8, 4) is 11.5 Å². The molecule has 186 valence electrons. The Kier molecular flexibility index (Phi) is 5.13. The number of unbranched alkanes of at least 4 members (excludes halogenated alkanes) is 3. The minimum absolute atomic E-state index is 0.0427. The van der Waals surface area contributed by atoms with Crippen LogP contribution in [0.1, 0.15) is 126 Å². The van der Waals surface area contributed by atoms with Crippen molar-refractivity contribution in [1.29, 1.82) is 0 Å². The van der Waals surface area contributed by atoms with Crippen LogP contribution >= 0.6 is 0 Å². The number of aromatic hydroxyl groups is 2. The smallest absolute Gasteiger partial charge is 0.126 e. The number of rotatable bonds is 7. The van der Waals surface area contributed by atoms with Crippen molar-refractivity contribution in [2.45, 2.75) is 127 Å². The van der Waals surface area contributed by atoms with Crippen molar-refractivity contribution in [1.82, 2.24) is 0 Å². The number of phenolic OH excluding ortho intramolecular Hbond substituents is 2. The molecule has 0 aromatic heterocycles. The van der Waals surface area contributed by atoms with Crippen molar-refractivity contribution in [2.75, 3.05) is 0 Å². The van der Waals surface area contributed by atoms with Gasteiger partial charge in [0.1, 0.15) is 11.5 Å². The average molecular weight is 463 g/mol. The van der Waals surface area contributed by atoms with E-state index in [1.807, 2.05) is 0 Å². The van der Waals surface area contributed by atoms with Gasteiger partial charge in [-0.1, -0.05) is 26.2 Å². The van der Waals surface area contributed by atoms with Crippen LogP contribution in [-0.2, 0) is 17.3 Å². The standard InChI is InChI=1S/C32H46O2/c1-2-3-4-5-6-26-27(31-14-20-7-21(15-31)9-22(8-20)16-31)13-28(33)29(30(26)34)32-17-23-10-24(18-32)12-25(11-23)19-32/h13,20-25,33-34H,2-12,14-19H2,1H3. The summed E-state index contributed by atoms with van der Waals surface area (Å²) >= 11 is 0. The van der Waals surface area contributed by atoms with Gasteiger partial charge in [-0.15, -0.1) is 0 Å². The molecular formula is C32H46O2. The van der Waals surface area contributed by atoms with Gasteiger partial charge in [0.05, 0.1) is 0 Å². The van der Waals surface area contributed by atoms with E-state index in [-0.39, 0.29) is 10.8 Å². The monoisotopic (exact) mass is 462 g/mol. The van der Waals surface area contributed by atoms with Crippen LogP contribution in [0.5, 0.6) is 11.5 Å². The topological polar surface area (TPSA) is 40.5 Å². The molecule has 0 amide bonds. The zero-order chi connectivity index (χ0) is 23.1. The van der Waals surface area contributed by atoms with Crippen LogP contribution in [0.3, 0.4) is 0 Å². The lowest BCUT2D eigenvalue weighted by atomic mass is 9.46. The zero-order valence-corrected chi connectivity index (χ0v) is 21.5. The van der Waals surface area contributed by atoms with Crippen LogP contribution < -0.4 is 0 Å². The maximum absolute atomic E-state index is 12.1. The zero-order valence-electron chi connectivity index (χ0n) is 21.5. The van der Waals surface area contributed by atoms with E-state index in [0.717, 1.165) is 47.5 Å². The molecule has 0 unspecified atom stereocenters. The second-order valence-electron chi connectivity index (χ2n) is 14.4. The summed E-state index contributed by atoms with van der Waals surface area (Å²) in [5.74, 6) is 6.11. The van der Waals surface area contributed by atoms with Crippen LogP contribution in [0.25, 0.3) is 0 Å². The fourth-order valence-corrected chi connectivity index (χ4v) is 11.5. The molecule has 0 atom stereocenters. The van der Waals surface area contributed by atoms with Crippen LogP contribution in [0.15, 0.2) is 6.07 Å². The Labute approximate surface area is 206 Å². The minimum Gasteiger partial charge on any atom is -0.507 e. The third kappa shape index (κ3) is 3.32. The number of benzene rings is 1. The van der Waals surface area contributed by atoms with Crippen LogP contribution in [-0.4, -0.2) is 10.2 Å². The van der Waals surface area contributed by atoms with E-state index in [1.165, 1.54) is 114 Å². The highest BCUT2D eigenvalue weighted by atomic mass is 16.3. The molecular weight excluding hydrogens is 416 g/mol. The molecule has 0 radical (unpaired) electrons. The third-order valence-electron chi connectivity index (χ3n) is 11.8. The lowest BCUT2D eigenvalue weighted by Gasteiger charge is -2.58. The van der Waals surface area contributed by atoms with Gasteiger partial charge in [-0.25, -0.2) is 0 Å². The molecule has 0 saturated heterocycles. The van der Waals surface area contributed by atoms with Gasteiger partial charge in [0.25, 0.3) is 0 Å². The Balaban J connectivity index is 1.32.